The van der Waals surface area contributed by atoms with E-state index in [4.69, 9.17) is 9.47 Å². The highest BCUT2D eigenvalue weighted by atomic mass is 19.1. The Hall–Kier alpha value is -3.54. The van der Waals surface area contributed by atoms with Crippen LogP contribution in [0.2, 0.25) is 0 Å². The molecule has 0 aliphatic heterocycles. The number of hydrogen-bond acceptors (Lipinski definition) is 4. The van der Waals surface area contributed by atoms with E-state index in [-0.39, 0.29) is 5.56 Å². The number of hydrogen-bond donors (Lipinski definition) is 2. The fourth-order valence-corrected chi connectivity index (χ4v) is 2.75. The Balaban J connectivity index is 1.61. The van der Waals surface area contributed by atoms with Gasteiger partial charge in [0.25, 0.3) is 5.91 Å². The lowest BCUT2D eigenvalue weighted by Gasteiger charge is -2.11. The van der Waals surface area contributed by atoms with Crippen LogP contribution in [-0.2, 0) is 6.42 Å². The quantitative estimate of drug-likeness (QED) is 0.636. The molecule has 0 unspecified atom stereocenters. The van der Waals surface area contributed by atoms with Crippen molar-refractivity contribution in [2.45, 2.75) is 6.42 Å². The number of carbonyl (C=O) groups excluding carboxylic acids is 1. The summed E-state index contributed by atoms with van der Waals surface area (Å²) >= 11 is 0. The molecule has 6 heteroatoms. The fourth-order valence-electron chi connectivity index (χ4n) is 2.75. The number of para-hydroxylation sites is 1. The summed E-state index contributed by atoms with van der Waals surface area (Å²) < 4.78 is 24.2. The highest BCUT2D eigenvalue weighted by Gasteiger charge is 2.12. The van der Waals surface area contributed by atoms with Crippen LogP contribution in [-0.4, -0.2) is 24.7 Å². The summed E-state index contributed by atoms with van der Waals surface area (Å²) in [4.78, 5) is 12.3. The second-order valence-corrected chi connectivity index (χ2v) is 6.05. The number of aromatic hydroxyl groups is 1. The highest BCUT2D eigenvalue weighted by Crippen LogP contribution is 2.23. The number of phenolic OH excluding ortho intramolecular Hbond substituents is 1. The first-order valence-corrected chi connectivity index (χ1v) is 8.71. The van der Waals surface area contributed by atoms with Gasteiger partial charge in [-0.05, 0) is 35.9 Å². The van der Waals surface area contributed by atoms with Gasteiger partial charge < -0.3 is 19.9 Å². The van der Waals surface area contributed by atoms with Gasteiger partial charge in [-0.1, -0.05) is 24.3 Å². The molecule has 0 aliphatic rings. The second-order valence-electron chi connectivity index (χ2n) is 6.05. The third-order valence-corrected chi connectivity index (χ3v) is 4.13. The van der Waals surface area contributed by atoms with E-state index in [0.29, 0.717) is 24.5 Å². The van der Waals surface area contributed by atoms with E-state index < -0.39 is 17.5 Å². The SMILES string of the molecule is COc1ccccc1CCOc1cccc(NC(=O)c2ccc(F)cc2O)c1. The van der Waals surface area contributed by atoms with Crippen LogP contribution in [0.15, 0.2) is 66.7 Å². The number of amides is 1. The molecular formula is C22H20FNO4. The third kappa shape index (κ3) is 4.79. The van der Waals surface area contributed by atoms with Gasteiger partial charge in [-0.15, -0.1) is 0 Å². The number of methoxy groups -OCH3 is 1. The molecule has 0 bridgehead atoms. The van der Waals surface area contributed by atoms with Crippen LogP contribution in [0.3, 0.4) is 0 Å². The predicted octanol–water partition coefficient (Wildman–Crippen LogP) is 4.41. The Morgan fingerprint density at radius 2 is 1.89 bits per heavy atom. The van der Waals surface area contributed by atoms with Crippen molar-refractivity contribution in [1.82, 2.24) is 0 Å². The normalized spacial score (nSPS) is 10.4. The smallest absolute Gasteiger partial charge is 0.259 e. The van der Waals surface area contributed by atoms with Crippen molar-refractivity contribution in [3.05, 3.63) is 83.7 Å². The molecule has 3 rings (SSSR count). The number of carbonyl (C=O) groups is 1. The van der Waals surface area contributed by atoms with Crippen molar-refractivity contribution in [3.8, 4) is 17.2 Å². The zero-order valence-corrected chi connectivity index (χ0v) is 15.3. The first kappa shape index (κ1) is 19.2. The zero-order chi connectivity index (χ0) is 19.9. The summed E-state index contributed by atoms with van der Waals surface area (Å²) in [5, 5.41) is 12.4. The van der Waals surface area contributed by atoms with Crippen molar-refractivity contribution < 1.29 is 23.8 Å². The van der Waals surface area contributed by atoms with Gasteiger partial charge in [0.15, 0.2) is 0 Å². The van der Waals surface area contributed by atoms with E-state index in [2.05, 4.69) is 5.32 Å². The summed E-state index contributed by atoms with van der Waals surface area (Å²) in [6, 6.07) is 17.9. The molecule has 0 aromatic heterocycles. The van der Waals surface area contributed by atoms with Gasteiger partial charge >= 0.3 is 0 Å². The van der Waals surface area contributed by atoms with Crippen molar-refractivity contribution in [1.29, 1.82) is 0 Å². The van der Waals surface area contributed by atoms with Crippen LogP contribution < -0.4 is 14.8 Å². The van der Waals surface area contributed by atoms with Gasteiger partial charge in [0.05, 0.1) is 19.3 Å². The summed E-state index contributed by atoms with van der Waals surface area (Å²) in [5.74, 6) is -0.160. The molecule has 5 nitrogen and oxygen atoms in total. The van der Waals surface area contributed by atoms with E-state index in [1.165, 1.54) is 6.07 Å². The standard InChI is InChI=1S/C22H20FNO4/c1-27-21-8-3-2-5-15(21)11-12-28-18-7-4-6-17(14-18)24-22(26)19-10-9-16(23)13-20(19)25/h2-10,13-14,25H,11-12H2,1H3,(H,24,26). The first-order valence-electron chi connectivity index (χ1n) is 8.71. The van der Waals surface area contributed by atoms with Crippen LogP contribution in [0.4, 0.5) is 10.1 Å². The number of benzene rings is 3. The Morgan fingerprint density at radius 3 is 2.68 bits per heavy atom. The van der Waals surface area contributed by atoms with Crippen LogP contribution in [0.5, 0.6) is 17.2 Å². The molecule has 0 heterocycles. The Kier molecular flexibility index (Phi) is 6.11. The number of ether oxygens (including phenoxy) is 2. The Bertz CT molecular complexity index is 974. The lowest BCUT2D eigenvalue weighted by atomic mass is 10.1. The molecule has 0 fully saturated rings. The fraction of sp³-hybridized carbons (Fsp3) is 0.136. The molecule has 28 heavy (non-hydrogen) atoms. The first-order chi connectivity index (χ1) is 13.6. The molecule has 144 valence electrons. The largest absolute Gasteiger partial charge is 0.507 e. The lowest BCUT2D eigenvalue weighted by Crippen LogP contribution is -2.12. The van der Waals surface area contributed by atoms with Crippen LogP contribution in [0.25, 0.3) is 0 Å². The third-order valence-electron chi connectivity index (χ3n) is 4.13. The minimum Gasteiger partial charge on any atom is -0.507 e. The van der Waals surface area contributed by atoms with Crippen molar-refractivity contribution in [2.24, 2.45) is 0 Å². The maximum atomic E-state index is 13.1. The number of halogens is 1. The molecule has 3 aromatic carbocycles. The molecule has 0 aliphatic carbocycles. The molecule has 0 saturated carbocycles. The highest BCUT2D eigenvalue weighted by molar-refractivity contribution is 6.06. The molecule has 0 saturated heterocycles. The average Bonchev–Trinajstić information content (AvgIpc) is 2.68. The summed E-state index contributed by atoms with van der Waals surface area (Å²) in [5.41, 5.74) is 1.54. The Morgan fingerprint density at radius 1 is 1.07 bits per heavy atom. The van der Waals surface area contributed by atoms with Crippen molar-refractivity contribution in [2.75, 3.05) is 19.0 Å². The molecule has 3 aromatic rings. The van der Waals surface area contributed by atoms with Crippen LogP contribution in [0, 0.1) is 5.82 Å². The summed E-state index contributed by atoms with van der Waals surface area (Å²) in [7, 11) is 1.63. The molecule has 0 radical (unpaired) electrons. The van der Waals surface area contributed by atoms with E-state index in [0.717, 1.165) is 23.4 Å². The van der Waals surface area contributed by atoms with Gasteiger partial charge in [0, 0.05) is 24.2 Å². The average molecular weight is 381 g/mol. The zero-order valence-electron chi connectivity index (χ0n) is 15.3. The monoisotopic (exact) mass is 381 g/mol. The summed E-state index contributed by atoms with van der Waals surface area (Å²) in [6.07, 6.45) is 0.671. The minimum atomic E-state index is -0.612. The number of rotatable bonds is 7. The van der Waals surface area contributed by atoms with Gasteiger partial charge in [0.2, 0.25) is 0 Å². The van der Waals surface area contributed by atoms with Crippen LogP contribution >= 0.6 is 0 Å². The maximum absolute atomic E-state index is 13.1. The van der Waals surface area contributed by atoms with E-state index in [1.54, 1.807) is 31.4 Å². The number of phenols is 1. The van der Waals surface area contributed by atoms with Crippen molar-refractivity contribution in [3.63, 3.8) is 0 Å². The summed E-state index contributed by atoms with van der Waals surface area (Å²) in [6.45, 7) is 0.441. The number of nitrogens with one attached hydrogen (secondary N) is 1. The van der Waals surface area contributed by atoms with Gasteiger partial charge in [0.1, 0.15) is 23.1 Å². The molecule has 0 spiro atoms. The molecule has 2 N–H and O–H groups in total. The van der Waals surface area contributed by atoms with Gasteiger partial charge in [-0.2, -0.15) is 0 Å². The molecular weight excluding hydrogens is 361 g/mol. The second kappa shape index (κ2) is 8.90. The topological polar surface area (TPSA) is 67.8 Å². The Labute approximate surface area is 162 Å². The number of anilines is 1. The van der Waals surface area contributed by atoms with Crippen molar-refractivity contribution >= 4 is 11.6 Å². The lowest BCUT2D eigenvalue weighted by molar-refractivity contribution is 0.102. The van der Waals surface area contributed by atoms with Gasteiger partial charge in [-0.3, -0.25) is 4.79 Å². The predicted molar refractivity (Wildman–Crippen MR) is 105 cm³/mol. The van der Waals surface area contributed by atoms with Gasteiger partial charge in [-0.25, -0.2) is 4.39 Å². The van der Waals surface area contributed by atoms with E-state index >= 15 is 0 Å². The minimum absolute atomic E-state index is 0.0103. The van der Waals surface area contributed by atoms with E-state index in [9.17, 15) is 14.3 Å². The molecule has 1 amide bonds. The van der Waals surface area contributed by atoms with E-state index in [1.807, 2.05) is 24.3 Å². The molecule has 0 atom stereocenters. The van der Waals surface area contributed by atoms with Crippen LogP contribution in [0.1, 0.15) is 15.9 Å². The maximum Gasteiger partial charge on any atom is 0.259 e.